The lowest BCUT2D eigenvalue weighted by Crippen LogP contribution is -2.33. The molecule has 2 N–H and O–H groups in total. The summed E-state index contributed by atoms with van der Waals surface area (Å²) in [5.41, 5.74) is 1.27. The lowest BCUT2D eigenvalue weighted by Gasteiger charge is -2.14. The second kappa shape index (κ2) is 5.29. The molecule has 0 radical (unpaired) electrons. The standard InChI is InChI=1S/C11H18O2Si/c1-2-14(12,13)10-6-9-11-7-4-3-5-8-11/h3-5,7-8,12-13H,2,6,9-10H2,1H3. The molecule has 1 aromatic carbocycles. The third-order valence-corrected chi connectivity index (χ3v) is 4.74. The fraction of sp³-hybridized carbons (Fsp3) is 0.455. The first kappa shape index (κ1) is 11.4. The van der Waals surface area contributed by atoms with Gasteiger partial charge in [0.25, 0.3) is 0 Å². The van der Waals surface area contributed by atoms with Crippen molar-refractivity contribution in [3.8, 4) is 0 Å². The molecule has 0 aliphatic rings. The van der Waals surface area contributed by atoms with Gasteiger partial charge in [-0.2, -0.15) is 0 Å². The summed E-state index contributed by atoms with van der Waals surface area (Å²) in [7, 11) is -2.83. The van der Waals surface area contributed by atoms with E-state index in [1.165, 1.54) is 5.56 Å². The van der Waals surface area contributed by atoms with Gasteiger partial charge in [-0.1, -0.05) is 37.3 Å². The van der Waals surface area contributed by atoms with Crippen molar-refractivity contribution in [2.45, 2.75) is 31.9 Å². The van der Waals surface area contributed by atoms with Gasteiger partial charge in [0.05, 0.1) is 0 Å². The molecule has 2 nitrogen and oxygen atoms in total. The largest absolute Gasteiger partial charge is 0.411 e. The Morgan fingerprint density at radius 1 is 1.14 bits per heavy atom. The molecule has 0 saturated heterocycles. The Bertz CT molecular complexity index is 259. The topological polar surface area (TPSA) is 40.5 Å². The monoisotopic (exact) mass is 210 g/mol. The Balaban J connectivity index is 2.29. The molecule has 0 aromatic heterocycles. The molecule has 0 bridgehead atoms. The number of rotatable bonds is 5. The van der Waals surface area contributed by atoms with E-state index < -0.39 is 8.56 Å². The lowest BCUT2D eigenvalue weighted by atomic mass is 10.1. The maximum atomic E-state index is 9.50. The Hall–Kier alpha value is -0.643. The van der Waals surface area contributed by atoms with E-state index in [9.17, 15) is 9.59 Å². The minimum atomic E-state index is -2.83. The minimum Gasteiger partial charge on any atom is -0.411 e. The molecule has 78 valence electrons. The van der Waals surface area contributed by atoms with E-state index in [1.54, 1.807) is 0 Å². The molecule has 14 heavy (non-hydrogen) atoms. The van der Waals surface area contributed by atoms with Crippen molar-refractivity contribution >= 4 is 8.56 Å². The molecule has 0 saturated carbocycles. The van der Waals surface area contributed by atoms with Crippen LogP contribution >= 0.6 is 0 Å². The first-order valence-electron chi connectivity index (χ1n) is 5.13. The van der Waals surface area contributed by atoms with Crippen molar-refractivity contribution in [1.29, 1.82) is 0 Å². The average Bonchev–Trinajstić information content (AvgIpc) is 2.19. The van der Waals surface area contributed by atoms with Crippen molar-refractivity contribution in [2.24, 2.45) is 0 Å². The molecule has 0 amide bonds. The molecular weight excluding hydrogens is 192 g/mol. The molecule has 0 heterocycles. The summed E-state index contributed by atoms with van der Waals surface area (Å²) >= 11 is 0. The minimum absolute atomic E-state index is 0.530. The second-order valence-corrected chi connectivity index (χ2v) is 6.85. The zero-order valence-corrected chi connectivity index (χ0v) is 9.61. The van der Waals surface area contributed by atoms with E-state index in [2.05, 4.69) is 12.1 Å². The number of hydrogen-bond donors (Lipinski definition) is 2. The lowest BCUT2D eigenvalue weighted by molar-refractivity contribution is 0.358. The van der Waals surface area contributed by atoms with Gasteiger partial charge < -0.3 is 9.59 Å². The highest BCUT2D eigenvalue weighted by Gasteiger charge is 2.25. The molecule has 0 fully saturated rings. The van der Waals surface area contributed by atoms with Gasteiger partial charge >= 0.3 is 8.56 Å². The van der Waals surface area contributed by atoms with E-state index in [4.69, 9.17) is 0 Å². The van der Waals surface area contributed by atoms with Crippen LogP contribution in [-0.4, -0.2) is 18.2 Å². The van der Waals surface area contributed by atoms with Gasteiger partial charge in [-0.3, -0.25) is 0 Å². The highest BCUT2D eigenvalue weighted by molar-refractivity contribution is 6.64. The van der Waals surface area contributed by atoms with E-state index >= 15 is 0 Å². The average molecular weight is 210 g/mol. The zero-order valence-electron chi connectivity index (χ0n) is 8.61. The Morgan fingerprint density at radius 2 is 1.79 bits per heavy atom. The van der Waals surface area contributed by atoms with Gasteiger partial charge in [0.1, 0.15) is 0 Å². The second-order valence-electron chi connectivity index (χ2n) is 3.68. The zero-order chi connectivity index (χ0) is 10.4. The predicted molar refractivity (Wildman–Crippen MR) is 60.2 cm³/mol. The summed E-state index contributed by atoms with van der Waals surface area (Å²) in [4.78, 5) is 19.0. The van der Waals surface area contributed by atoms with E-state index in [0.29, 0.717) is 12.1 Å². The van der Waals surface area contributed by atoms with Crippen LogP contribution in [0.4, 0.5) is 0 Å². The third-order valence-electron chi connectivity index (χ3n) is 2.45. The van der Waals surface area contributed by atoms with Crippen LogP contribution < -0.4 is 0 Å². The molecule has 3 heteroatoms. The molecule has 0 aliphatic carbocycles. The fourth-order valence-electron chi connectivity index (χ4n) is 1.40. The van der Waals surface area contributed by atoms with Crippen LogP contribution in [0.5, 0.6) is 0 Å². The summed E-state index contributed by atoms with van der Waals surface area (Å²) in [5.74, 6) is 0. The highest BCUT2D eigenvalue weighted by Crippen LogP contribution is 2.13. The fourth-order valence-corrected chi connectivity index (χ4v) is 2.49. The Labute approximate surface area is 86.5 Å². The summed E-state index contributed by atoms with van der Waals surface area (Å²) in [5, 5.41) is 0. The molecule has 0 unspecified atom stereocenters. The summed E-state index contributed by atoms with van der Waals surface area (Å²) < 4.78 is 0. The Morgan fingerprint density at radius 3 is 2.36 bits per heavy atom. The summed E-state index contributed by atoms with van der Waals surface area (Å²) in [6.45, 7) is 1.84. The van der Waals surface area contributed by atoms with Crippen LogP contribution in [0.1, 0.15) is 18.9 Å². The van der Waals surface area contributed by atoms with Gasteiger partial charge in [0.2, 0.25) is 0 Å². The maximum Gasteiger partial charge on any atom is 0.332 e. The van der Waals surface area contributed by atoms with Crippen LogP contribution in [0.2, 0.25) is 12.1 Å². The SMILES string of the molecule is CC[Si](O)(O)CCCc1ccccc1. The van der Waals surface area contributed by atoms with E-state index in [-0.39, 0.29) is 0 Å². The highest BCUT2D eigenvalue weighted by atomic mass is 28.4. The van der Waals surface area contributed by atoms with Crippen LogP contribution in [-0.2, 0) is 6.42 Å². The molecule has 0 atom stereocenters. The molecule has 0 spiro atoms. The van der Waals surface area contributed by atoms with E-state index in [1.807, 2.05) is 25.1 Å². The Kier molecular flexibility index (Phi) is 4.32. The van der Waals surface area contributed by atoms with Crippen molar-refractivity contribution in [1.82, 2.24) is 0 Å². The van der Waals surface area contributed by atoms with Crippen LogP contribution in [0, 0.1) is 0 Å². The first-order chi connectivity index (χ1) is 6.64. The summed E-state index contributed by atoms with van der Waals surface area (Å²) in [6, 6.07) is 11.3. The predicted octanol–water partition coefficient (Wildman–Crippen LogP) is 2.07. The third kappa shape index (κ3) is 4.04. The van der Waals surface area contributed by atoms with Crippen LogP contribution in [0.3, 0.4) is 0 Å². The molecule has 1 aromatic rings. The van der Waals surface area contributed by atoms with Gasteiger partial charge in [-0.05, 0) is 30.5 Å². The van der Waals surface area contributed by atoms with Crippen molar-refractivity contribution in [2.75, 3.05) is 0 Å². The van der Waals surface area contributed by atoms with Crippen molar-refractivity contribution < 1.29 is 9.59 Å². The van der Waals surface area contributed by atoms with Crippen LogP contribution in [0.25, 0.3) is 0 Å². The first-order valence-corrected chi connectivity index (χ1v) is 7.43. The van der Waals surface area contributed by atoms with Gasteiger partial charge in [0.15, 0.2) is 0 Å². The molecule has 1 rings (SSSR count). The van der Waals surface area contributed by atoms with Gasteiger partial charge in [0, 0.05) is 0 Å². The van der Waals surface area contributed by atoms with Gasteiger partial charge in [-0.15, -0.1) is 0 Å². The van der Waals surface area contributed by atoms with Crippen molar-refractivity contribution in [3.05, 3.63) is 35.9 Å². The van der Waals surface area contributed by atoms with E-state index in [0.717, 1.165) is 12.8 Å². The normalized spacial score (nSPS) is 11.6. The smallest absolute Gasteiger partial charge is 0.332 e. The number of hydrogen-bond acceptors (Lipinski definition) is 2. The number of benzene rings is 1. The van der Waals surface area contributed by atoms with Crippen LogP contribution in [0.15, 0.2) is 30.3 Å². The number of aryl methyl sites for hydroxylation is 1. The van der Waals surface area contributed by atoms with Crippen molar-refractivity contribution in [3.63, 3.8) is 0 Å². The maximum absolute atomic E-state index is 9.50. The molecular formula is C11H18O2Si. The summed E-state index contributed by atoms with van der Waals surface area (Å²) in [6.07, 6.45) is 1.81. The van der Waals surface area contributed by atoms with Gasteiger partial charge in [-0.25, -0.2) is 0 Å². The molecule has 0 aliphatic heterocycles. The quantitative estimate of drug-likeness (QED) is 0.730.